The number of piperidine rings is 1. The molecule has 29 heavy (non-hydrogen) atoms. The zero-order valence-corrected chi connectivity index (χ0v) is 18.5. The Labute approximate surface area is 180 Å². The summed E-state index contributed by atoms with van der Waals surface area (Å²) in [5.41, 5.74) is 1.86. The van der Waals surface area contributed by atoms with E-state index in [1.807, 2.05) is 48.4 Å². The molecule has 0 radical (unpaired) electrons. The lowest BCUT2D eigenvalue weighted by Gasteiger charge is -2.31. The fraction of sp³-hybridized carbons (Fsp3) is 0.500. The van der Waals surface area contributed by atoms with Crippen molar-refractivity contribution >= 4 is 35.2 Å². The fourth-order valence-corrected chi connectivity index (χ4v) is 4.25. The van der Waals surface area contributed by atoms with Crippen molar-refractivity contribution < 1.29 is 9.59 Å². The van der Waals surface area contributed by atoms with Crippen LogP contribution >= 0.6 is 23.4 Å². The number of aromatic nitrogens is 3. The van der Waals surface area contributed by atoms with Crippen molar-refractivity contribution in [2.24, 2.45) is 5.92 Å². The van der Waals surface area contributed by atoms with Gasteiger partial charge in [0.05, 0.1) is 11.4 Å². The molecule has 0 spiro atoms. The average molecular weight is 436 g/mol. The third kappa shape index (κ3) is 5.51. The maximum Gasteiger partial charge on any atom is 0.233 e. The van der Waals surface area contributed by atoms with Gasteiger partial charge in [-0.25, -0.2) is 0 Å². The van der Waals surface area contributed by atoms with Crippen LogP contribution in [0.25, 0.3) is 5.69 Å². The fourth-order valence-electron chi connectivity index (χ4n) is 3.24. The Morgan fingerprint density at radius 2 is 2.03 bits per heavy atom. The summed E-state index contributed by atoms with van der Waals surface area (Å²) in [4.78, 5) is 26.6. The smallest absolute Gasteiger partial charge is 0.233 e. The summed E-state index contributed by atoms with van der Waals surface area (Å²) >= 11 is 7.58. The summed E-state index contributed by atoms with van der Waals surface area (Å²) in [6, 6.07) is 5.89. The van der Waals surface area contributed by atoms with Gasteiger partial charge in [0.15, 0.2) is 5.16 Å². The van der Waals surface area contributed by atoms with Crippen LogP contribution in [-0.4, -0.2) is 56.4 Å². The largest absolute Gasteiger partial charge is 0.354 e. The Bertz CT molecular complexity index is 878. The van der Waals surface area contributed by atoms with Crippen LogP contribution < -0.4 is 5.32 Å². The predicted octanol–water partition coefficient (Wildman–Crippen LogP) is 3.08. The normalized spacial score (nSPS) is 15.0. The summed E-state index contributed by atoms with van der Waals surface area (Å²) in [5.74, 6) is 0.408. The highest BCUT2D eigenvalue weighted by atomic mass is 35.5. The van der Waals surface area contributed by atoms with Crippen LogP contribution in [-0.2, 0) is 9.59 Å². The summed E-state index contributed by atoms with van der Waals surface area (Å²) in [6.07, 6.45) is 3.02. The molecule has 2 heterocycles. The number of hydrogen-bond donors (Lipinski definition) is 1. The van der Waals surface area contributed by atoms with Crippen LogP contribution in [0.15, 0.2) is 29.7 Å². The van der Waals surface area contributed by atoms with E-state index in [-0.39, 0.29) is 29.5 Å². The van der Waals surface area contributed by atoms with E-state index < -0.39 is 0 Å². The molecule has 1 fully saturated rings. The van der Waals surface area contributed by atoms with Crippen LogP contribution in [0.3, 0.4) is 0 Å². The second-order valence-electron chi connectivity index (χ2n) is 7.52. The molecular weight excluding hydrogens is 410 g/mol. The number of amides is 2. The highest BCUT2D eigenvalue weighted by Gasteiger charge is 2.27. The van der Waals surface area contributed by atoms with Gasteiger partial charge in [-0.3, -0.25) is 14.2 Å². The van der Waals surface area contributed by atoms with E-state index in [1.165, 1.54) is 11.8 Å². The van der Waals surface area contributed by atoms with Gasteiger partial charge in [-0.2, -0.15) is 0 Å². The maximum atomic E-state index is 12.6. The molecule has 1 aromatic heterocycles. The predicted molar refractivity (Wildman–Crippen MR) is 114 cm³/mol. The number of rotatable bonds is 6. The molecule has 7 nitrogen and oxygen atoms in total. The minimum Gasteiger partial charge on any atom is -0.354 e. The number of carbonyl (C=O) groups excluding carboxylic acids is 2. The molecule has 156 valence electrons. The molecule has 0 unspecified atom stereocenters. The molecule has 0 atom stereocenters. The third-order valence-corrected chi connectivity index (χ3v) is 6.26. The Morgan fingerprint density at radius 3 is 2.69 bits per heavy atom. The van der Waals surface area contributed by atoms with Crippen molar-refractivity contribution in [2.45, 2.75) is 44.8 Å². The van der Waals surface area contributed by atoms with Crippen molar-refractivity contribution in [2.75, 3.05) is 18.8 Å². The van der Waals surface area contributed by atoms with E-state index in [1.54, 1.807) is 6.33 Å². The monoisotopic (exact) mass is 435 g/mol. The number of hydrogen-bond acceptors (Lipinski definition) is 5. The van der Waals surface area contributed by atoms with Gasteiger partial charge >= 0.3 is 0 Å². The minimum absolute atomic E-state index is 0.0107. The number of thioether (sulfide) groups is 1. The van der Waals surface area contributed by atoms with Crippen molar-refractivity contribution in [1.29, 1.82) is 0 Å². The number of nitrogens with one attached hydrogen (secondary N) is 1. The summed E-state index contributed by atoms with van der Waals surface area (Å²) in [6.45, 7) is 7.07. The zero-order chi connectivity index (χ0) is 21.0. The molecule has 1 saturated heterocycles. The molecule has 2 aromatic rings. The van der Waals surface area contributed by atoms with Crippen molar-refractivity contribution in [1.82, 2.24) is 25.0 Å². The van der Waals surface area contributed by atoms with Crippen molar-refractivity contribution in [3.63, 3.8) is 0 Å². The average Bonchev–Trinajstić information content (AvgIpc) is 3.16. The van der Waals surface area contributed by atoms with Gasteiger partial charge in [-0.05, 0) is 51.3 Å². The van der Waals surface area contributed by atoms with Gasteiger partial charge in [0.2, 0.25) is 11.8 Å². The van der Waals surface area contributed by atoms with Gasteiger partial charge in [-0.15, -0.1) is 10.2 Å². The van der Waals surface area contributed by atoms with Crippen LogP contribution in [0.4, 0.5) is 0 Å². The van der Waals surface area contributed by atoms with Crippen LogP contribution in [0.2, 0.25) is 5.02 Å². The maximum absolute atomic E-state index is 12.6. The first kappa shape index (κ1) is 21.6. The van der Waals surface area contributed by atoms with E-state index in [4.69, 9.17) is 11.6 Å². The topological polar surface area (TPSA) is 80.1 Å². The Hall–Kier alpha value is -2.06. The van der Waals surface area contributed by atoms with Crippen LogP contribution in [0, 0.1) is 12.8 Å². The van der Waals surface area contributed by atoms with Gasteiger partial charge in [-0.1, -0.05) is 29.4 Å². The molecule has 2 amide bonds. The van der Waals surface area contributed by atoms with E-state index in [0.29, 0.717) is 36.1 Å². The molecule has 3 rings (SSSR count). The molecule has 1 aliphatic rings. The molecule has 1 aliphatic heterocycles. The minimum atomic E-state index is -0.0107. The standard InChI is InChI=1S/C20H26ClN5O2S/c1-13(2)23-19(28)15-6-8-25(9-7-15)18(27)11-29-20-24-22-12-26(20)16-5-4-14(3)17(21)10-16/h4-5,10,12-13,15H,6-9,11H2,1-3H3,(H,23,28). The van der Waals surface area contributed by atoms with E-state index in [2.05, 4.69) is 15.5 Å². The summed E-state index contributed by atoms with van der Waals surface area (Å²) < 4.78 is 1.83. The van der Waals surface area contributed by atoms with Crippen molar-refractivity contribution in [3.8, 4) is 5.69 Å². The number of carbonyl (C=O) groups is 2. The van der Waals surface area contributed by atoms with Gasteiger partial charge in [0.25, 0.3) is 0 Å². The first-order valence-corrected chi connectivity index (χ1v) is 11.1. The number of halogens is 1. The van der Waals surface area contributed by atoms with Gasteiger partial charge < -0.3 is 10.2 Å². The van der Waals surface area contributed by atoms with Crippen LogP contribution in [0.1, 0.15) is 32.3 Å². The van der Waals surface area contributed by atoms with Crippen LogP contribution in [0.5, 0.6) is 0 Å². The Balaban J connectivity index is 1.54. The molecule has 0 aliphatic carbocycles. The van der Waals surface area contributed by atoms with E-state index in [9.17, 15) is 9.59 Å². The highest BCUT2D eigenvalue weighted by molar-refractivity contribution is 7.99. The van der Waals surface area contributed by atoms with E-state index in [0.717, 1.165) is 11.3 Å². The molecular formula is C20H26ClN5O2S. The van der Waals surface area contributed by atoms with Gasteiger partial charge in [0.1, 0.15) is 6.33 Å². The highest BCUT2D eigenvalue weighted by Crippen LogP contribution is 2.25. The number of nitrogens with zero attached hydrogens (tertiary/aromatic N) is 4. The Morgan fingerprint density at radius 1 is 1.31 bits per heavy atom. The molecule has 1 N–H and O–H groups in total. The number of likely N-dealkylation sites (tertiary alicyclic amines) is 1. The second kappa shape index (κ2) is 9.63. The molecule has 0 saturated carbocycles. The Kier molecular flexibility index (Phi) is 7.18. The lowest BCUT2D eigenvalue weighted by Crippen LogP contribution is -2.44. The molecule has 9 heteroatoms. The lowest BCUT2D eigenvalue weighted by atomic mass is 9.95. The summed E-state index contributed by atoms with van der Waals surface area (Å²) in [5, 5.41) is 12.4. The van der Waals surface area contributed by atoms with Gasteiger partial charge in [0, 0.05) is 30.1 Å². The first-order chi connectivity index (χ1) is 13.8. The molecule has 0 bridgehead atoms. The SMILES string of the molecule is Cc1ccc(-n2cnnc2SCC(=O)N2CCC(C(=O)NC(C)C)CC2)cc1Cl. The molecule has 1 aromatic carbocycles. The first-order valence-electron chi connectivity index (χ1n) is 9.72. The quantitative estimate of drug-likeness (QED) is 0.705. The third-order valence-electron chi connectivity index (χ3n) is 4.92. The lowest BCUT2D eigenvalue weighted by molar-refractivity contribution is -0.133. The second-order valence-corrected chi connectivity index (χ2v) is 8.87. The van der Waals surface area contributed by atoms with E-state index >= 15 is 0 Å². The zero-order valence-electron chi connectivity index (χ0n) is 16.9. The summed E-state index contributed by atoms with van der Waals surface area (Å²) in [7, 11) is 0. The van der Waals surface area contributed by atoms with Crippen molar-refractivity contribution in [3.05, 3.63) is 35.1 Å². The number of aryl methyl sites for hydroxylation is 1. The number of benzene rings is 1.